The molecule has 58 valence electrons. The van der Waals surface area contributed by atoms with Crippen LogP contribution in [0, 0.1) is 6.92 Å². The fraction of sp³-hybridized carbons (Fsp3) is 0.375. The average molecular weight is 150 g/mol. The Morgan fingerprint density at radius 3 is 2.82 bits per heavy atom. The third kappa shape index (κ3) is 1.83. The van der Waals surface area contributed by atoms with E-state index in [1.54, 1.807) is 6.20 Å². The third-order valence-electron chi connectivity index (χ3n) is 1.36. The molecule has 0 radical (unpaired) electrons. The van der Waals surface area contributed by atoms with E-state index >= 15 is 0 Å². The molecule has 0 unspecified atom stereocenters. The highest BCUT2D eigenvalue weighted by molar-refractivity contribution is 5.93. The monoisotopic (exact) mass is 150 g/mol. The van der Waals surface area contributed by atoms with Gasteiger partial charge in [0.05, 0.1) is 11.9 Å². The lowest BCUT2D eigenvalue weighted by Crippen LogP contribution is -2.01. The Kier molecular flexibility index (Phi) is 2.31. The van der Waals surface area contributed by atoms with E-state index in [1.165, 1.54) is 6.20 Å². The number of Topliss-reactive ketones (excluding diaryl/α,β-unsaturated/α-hetero) is 1. The van der Waals surface area contributed by atoms with E-state index in [2.05, 4.69) is 9.97 Å². The molecule has 0 aromatic carbocycles. The van der Waals surface area contributed by atoms with Crippen molar-refractivity contribution in [3.63, 3.8) is 0 Å². The van der Waals surface area contributed by atoms with E-state index in [4.69, 9.17) is 0 Å². The molecule has 1 heterocycles. The van der Waals surface area contributed by atoms with Crippen molar-refractivity contribution in [3.05, 3.63) is 23.8 Å². The Morgan fingerprint density at radius 2 is 2.27 bits per heavy atom. The van der Waals surface area contributed by atoms with Crippen molar-refractivity contribution >= 4 is 5.78 Å². The summed E-state index contributed by atoms with van der Waals surface area (Å²) in [4.78, 5) is 19.0. The van der Waals surface area contributed by atoms with Crippen molar-refractivity contribution in [1.29, 1.82) is 0 Å². The van der Waals surface area contributed by atoms with E-state index in [0.29, 0.717) is 12.1 Å². The molecular weight excluding hydrogens is 140 g/mol. The van der Waals surface area contributed by atoms with Crippen molar-refractivity contribution in [3.8, 4) is 0 Å². The zero-order valence-corrected chi connectivity index (χ0v) is 6.66. The number of rotatable bonds is 2. The number of ketones is 1. The molecule has 11 heavy (non-hydrogen) atoms. The number of carbonyl (C=O) groups excluding carboxylic acids is 1. The van der Waals surface area contributed by atoms with Crippen LogP contribution in [0.25, 0.3) is 0 Å². The van der Waals surface area contributed by atoms with Gasteiger partial charge in [0.2, 0.25) is 0 Å². The lowest BCUT2D eigenvalue weighted by atomic mass is 10.2. The third-order valence-corrected chi connectivity index (χ3v) is 1.36. The molecule has 0 saturated carbocycles. The van der Waals surface area contributed by atoms with Gasteiger partial charge in [-0.15, -0.1) is 0 Å². The number of aryl methyl sites for hydroxylation is 1. The summed E-state index contributed by atoms with van der Waals surface area (Å²) >= 11 is 0. The Balaban J connectivity index is 2.96. The minimum absolute atomic E-state index is 0.0428. The molecule has 0 saturated heterocycles. The van der Waals surface area contributed by atoms with Crippen molar-refractivity contribution in [2.24, 2.45) is 0 Å². The van der Waals surface area contributed by atoms with Gasteiger partial charge < -0.3 is 0 Å². The molecular formula is C8H10N2O. The van der Waals surface area contributed by atoms with Gasteiger partial charge in [0.15, 0.2) is 5.78 Å². The van der Waals surface area contributed by atoms with Crippen molar-refractivity contribution < 1.29 is 4.79 Å². The lowest BCUT2D eigenvalue weighted by molar-refractivity contribution is 0.0983. The molecule has 0 N–H and O–H groups in total. The van der Waals surface area contributed by atoms with Crippen LogP contribution in [0.4, 0.5) is 0 Å². The van der Waals surface area contributed by atoms with E-state index in [1.807, 2.05) is 13.8 Å². The van der Waals surface area contributed by atoms with Crippen LogP contribution < -0.4 is 0 Å². The second-order valence-electron chi connectivity index (χ2n) is 2.32. The largest absolute Gasteiger partial charge is 0.292 e. The maximum Gasteiger partial charge on any atom is 0.182 e. The Bertz CT molecular complexity index is 271. The predicted molar refractivity (Wildman–Crippen MR) is 41.4 cm³/mol. The number of hydrogen-bond acceptors (Lipinski definition) is 3. The summed E-state index contributed by atoms with van der Waals surface area (Å²) in [5, 5.41) is 0. The van der Waals surface area contributed by atoms with Crippen LogP contribution in [0.5, 0.6) is 0 Å². The summed E-state index contributed by atoms with van der Waals surface area (Å²) in [5.74, 6) is 0.0428. The molecule has 0 atom stereocenters. The maximum absolute atomic E-state index is 11.1. The predicted octanol–water partition coefficient (Wildman–Crippen LogP) is 1.38. The molecule has 1 aromatic heterocycles. The average Bonchev–Trinajstić information content (AvgIpc) is 2.03. The number of carbonyl (C=O) groups is 1. The first kappa shape index (κ1) is 7.85. The highest BCUT2D eigenvalue weighted by Crippen LogP contribution is 1.98. The van der Waals surface area contributed by atoms with E-state index in [9.17, 15) is 4.79 Å². The fourth-order valence-electron chi connectivity index (χ4n) is 0.779. The van der Waals surface area contributed by atoms with E-state index in [0.717, 1.165) is 5.69 Å². The van der Waals surface area contributed by atoms with Crippen molar-refractivity contribution in [2.75, 3.05) is 0 Å². The van der Waals surface area contributed by atoms with Crippen LogP contribution in [-0.4, -0.2) is 15.8 Å². The van der Waals surface area contributed by atoms with Gasteiger partial charge >= 0.3 is 0 Å². The molecule has 0 bridgehead atoms. The first-order chi connectivity index (χ1) is 5.24. The molecule has 3 nitrogen and oxygen atoms in total. The second kappa shape index (κ2) is 3.23. The summed E-state index contributed by atoms with van der Waals surface area (Å²) in [6.45, 7) is 3.63. The highest BCUT2D eigenvalue weighted by atomic mass is 16.1. The maximum atomic E-state index is 11.1. The quantitative estimate of drug-likeness (QED) is 0.598. The first-order valence-electron chi connectivity index (χ1n) is 3.56. The van der Waals surface area contributed by atoms with Gasteiger partial charge in [-0.3, -0.25) is 9.78 Å². The number of hydrogen-bond donors (Lipinski definition) is 0. The van der Waals surface area contributed by atoms with E-state index in [-0.39, 0.29) is 5.78 Å². The van der Waals surface area contributed by atoms with Gasteiger partial charge in [0.1, 0.15) is 5.69 Å². The minimum Gasteiger partial charge on any atom is -0.292 e. The number of aromatic nitrogens is 2. The van der Waals surface area contributed by atoms with Crippen LogP contribution in [0.15, 0.2) is 12.4 Å². The smallest absolute Gasteiger partial charge is 0.182 e. The SMILES string of the molecule is CCC(=O)c1cncc(C)n1. The van der Waals surface area contributed by atoms with Crippen LogP contribution in [0.3, 0.4) is 0 Å². The molecule has 0 aliphatic rings. The van der Waals surface area contributed by atoms with Gasteiger partial charge in [-0.2, -0.15) is 0 Å². The van der Waals surface area contributed by atoms with E-state index < -0.39 is 0 Å². The Labute approximate surface area is 65.5 Å². The zero-order chi connectivity index (χ0) is 8.27. The lowest BCUT2D eigenvalue weighted by Gasteiger charge is -1.95. The molecule has 0 spiro atoms. The Morgan fingerprint density at radius 1 is 1.55 bits per heavy atom. The molecule has 0 amide bonds. The van der Waals surface area contributed by atoms with Crippen LogP contribution in [0.2, 0.25) is 0 Å². The topological polar surface area (TPSA) is 42.9 Å². The van der Waals surface area contributed by atoms with Crippen LogP contribution in [0.1, 0.15) is 29.5 Å². The second-order valence-corrected chi connectivity index (χ2v) is 2.32. The van der Waals surface area contributed by atoms with Gasteiger partial charge in [0.25, 0.3) is 0 Å². The molecule has 0 aliphatic heterocycles. The zero-order valence-electron chi connectivity index (χ0n) is 6.66. The summed E-state index contributed by atoms with van der Waals surface area (Å²) < 4.78 is 0. The summed E-state index contributed by atoms with van der Waals surface area (Å²) in [7, 11) is 0. The van der Waals surface area contributed by atoms with Gasteiger partial charge in [-0.25, -0.2) is 4.98 Å². The van der Waals surface area contributed by atoms with Crippen molar-refractivity contribution in [2.45, 2.75) is 20.3 Å². The summed E-state index contributed by atoms with van der Waals surface area (Å²) in [6, 6.07) is 0. The molecule has 1 rings (SSSR count). The van der Waals surface area contributed by atoms with Crippen LogP contribution in [-0.2, 0) is 0 Å². The number of nitrogens with zero attached hydrogens (tertiary/aromatic N) is 2. The standard InChI is InChI=1S/C8H10N2O/c1-3-8(11)7-5-9-4-6(2)10-7/h4-5H,3H2,1-2H3. The van der Waals surface area contributed by atoms with Crippen molar-refractivity contribution in [1.82, 2.24) is 9.97 Å². The summed E-state index contributed by atoms with van der Waals surface area (Å²) in [5.41, 5.74) is 1.25. The molecule has 0 aliphatic carbocycles. The Hall–Kier alpha value is -1.25. The summed E-state index contributed by atoms with van der Waals surface area (Å²) in [6.07, 6.45) is 3.61. The fourth-order valence-corrected chi connectivity index (χ4v) is 0.779. The van der Waals surface area contributed by atoms with Gasteiger partial charge in [-0.1, -0.05) is 6.92 Å². The molecule has 0 fully saturated rings. The highest BCUT2D eigenvalue weighted by Gasteiger charge is 2.03. The minimum atomic E-state index is 0.0428. The van der Waals surface area contributed by atoms with Crippen LogP contribution >= 0.6 is 0 Å². The molecule has 1 aromatic rings. The normalized spacial score (nSPS) is 9.64. The van der Waals surface area contributed by atoms with Gasteiger partial charge in [-0.05, 0) is 6.92 Å². The van der Waals surface area contributed by atoms with Gasteiger partial charge in [0, 0.05) is 12.6 Å². The first-order valence-corrected chi connectivity index (χ1v) is 3.56. The molecule has 3 heteroatoms.